The van der Waals surface area contributed by atoms with Gasteiger partial charge in [-0.1, -0.05) is 18.2 Å². The zero-order valence-electron chi connectivity index (χ0n) is 10.9. The molecule has 0 saturated heterocycles. The number of aromatic nitrogens is 2. The van der Waals surface area contributed by atoms with Gasteiger partial charge in [-0.25, -0.2) is 0 Å². The molecule has 1 aromatic carbocycles. The minimum Gasteiger partial charge on any atom is -0.377 e. The molecule has 0 spiro atoms. The lowest BCUT2D eigenvalue weighted by Crippen LogP contribution is -2.43. The standard InChI is InChI=1S/C12H18N2O3Si/c1-15-18(16-2,17-3)9-8-14-10-11-6-4-5-7-12(11)13-14/h4-7,10H,8-9H2,1-3H3. The van der Waals surface area contributed by atoms with Gasteiger partial charge in [-0.3, -0.25) is 4.68 Å². The van der Waals surface area contributed by atoms with Crippen LogP contribution in [0.25, 0.3) is 10.9 Å². The maximum Gasteiger partial charge on any atom is 0.502 e. The normalized spacial score (nSPS) is 12.2. The summed E-state index contributed by atoms with van der Waals surface area (Å²) in [6.45, 7) is 0.719. The number of fused-ring (bicyclic) bond motifs is 1. The van der Waals surface area contributed by atoms with E-state index >= 15 is 0 Å². The molecule has 18 heavy (non-hydrogen) atoms. The molecule has 0 unspecified atom stereocenters. The zero-order chi connectivity index (χ0) is 13.0. The number of aryl methyl sites for hydroxylation is 1. The number of hydrogen-bond acceptors (Lipinski definition) is 4. The molecule has 0 bridgehead atoms. The van der Waals surface area contributed by atoms with Crippen molar-refractivity contribution in [3.63, 3.8) is 0 Å². The number of rotatable bonds is 6. The van der Waals surface area contributed by atoms with Crippen molar-refractivity contribution in [2.24, 2.45) is 0 Å². The lowest BCUT2D eigenvalue weighted by atomic mass is 10.3. The van der Waals surface area contributed by atoms with Gasteiger partial charge in [0.2, 0.25) is 0 Å². The summed E-state index contributed by atoms with van der Waals surface area (Å²) in [4.78, 5) is 0. The van der Waals surface area contributed by atoms with Crippen LogP contribution in [0.1, 0.15) is 0 Å². The summed E-state index contributed by atoms with van der Waals surface area (Å²) in [5, 5.41) is 5.63. The molecule has 0 aliphatic heterocycles. The van der Waals surface area contributed by atoms with E-state index in [-0.39, 0.29) is 0 Å². The fourth-order valence-corrected chi connectivity index (χ4v) is 3.55. The van der Waals surface area contributed by atoms with Gasteiger partial charge in [0.1, 0.15) is 0 Å². The quantitative estimate of drug-likeness (QED) is 0.749. The average Bonchev–Trinajstić information content (AvgIpc) is 2.84. The van der Waals surface area contributed by atoms with Gasteiger partial charge in [0.25, 0.3) is 0 Å². The van der Waals surface area contributed by atoms with Crippen molar-refractivity contribution >= 4 is 19.7 Å². The maximum atomic E-state index is 5.39. The van der Waals surface area contributed by atoms with Gasteiger partial charge in [-0.15, -0.1) is 0 Å². The first-order chi connectivity index (χ1) is 8.73. The number of hydrogen-bond donors (Lipinski definition) is 0. The third kappa shape index (κ3) is 2.61. The van der Waals surface area contributed by atoms with Crippen LogP contribution in [0.5, 0.6) is 0 Å². The Hall–Kier alpha value is -1.21. The second-order valence-corrected chi connectivity index (χ2v) is 7.09. The molecule has 0 amide bonds. The Labute approximate surface area is 108 Å². The predicted octanol–water partition coefficient (Wildman–Crippen LogP) is 1.91. The fourth-order valence-electron chi connectivity index (χ4n) is 1.94. The van der Waals surface area contributed by atoms with E-state index in [4.69, 9.17) is 13.3 Å². The molecule has 2 rings (SSSR count). The summed E-state index contributed by atoms with van der Waals surface area (Å²) in [7, 11) is 2.36. The van der Waals surface area contributed by atoms with Gasteiger partial charge in [-0.05, 0) is 6.07 Å². The zero-order valence-corrected chi connectivity index (χ0v) is 11.9. The minimum absolute atomic E-state index is 0.699. The Balaban J connectivity index is 2.09. The highest BCUT2D eigenvalue weighted by molar-refractivity contribution is 6.60. The summed E-state index contributed by atoms with van der Waals surface area (Å²) in [5.74, 6) is 0. The van der Waals surface area contributed by atoms with Crippen LogP contribution >= 0.6 is 0 Å². The van der Waals surface area contributed by atoms with Crippen LogP contribution in [0, 0.1) is 0 Å². The molecule has 1 heterocycles. The molecule has 0 aliphatic rings. The molecule has 6 heteroatoms. The Bertz CT molecular complexity index is 469. The molecule has 5 nitrogen and oxygen atoms in total. The lowest BCUT2D eigenvalue weighted by Gasteiger charge is -2.24. The number of benzene rings is 1. The largest absolute Gasteiger partial charge is 0.502 e. The van der Waals surface area contributed by atoms with Gasteiger partial charge in [0.05, 0.1) is 5.52 Å². The Kier molecular flexibility index (Phi) is 4.13. The first-order valence-electron chi connectivity index (χ1n) is 5.80. The molecule has 0 saturated carbocycles. The maximum absolute atomic E-state index is 5.39. The van der Waals surface area contributed by atoms with E-state index in [9.17, 15) is 0 Å². The summed E-state index contributed by atoms with van der Waals surface area (Å²) in [6, 6.07) is 8.74. The fraction of sp³-hybridized carbons (Fsp3) is 0.417. The second-order valence-electron chi connectivity index (χ2n) is 4.00. The average molecular weight is 266 g/mol. The van der Waals surface area contributed by atoms with E-state index in [0.717, 1.165) is 17.4 Å². The van der Waals surface area contributed by atoms with Crippen LogP contribution < -0.4 is 0 Å². The van der Waals surface area contributed by atoms with Crippen LogP contribution in [0.15, 0.2) is 30.5 Å². The molecule has 0 atom stereocenters. The van der Waals surface area contributed by atoms with E-state index in [1.165, 1.54) is 0 Å². The highest BCUT2D eigenvalue weighted by Crippen LogP contribution is 2.16. The van der Waals surface area contributed by atoms with Gasteiger partial charge >= 0.3 is 8.80 Å². The summed E-state index contributed by atoms with van der Waals surface area (Å²) < 4.78 is 18.1. The summed E-state index contributed by atoms with van der Waals surface area (Å²) in [5.41, 5.74) is 0.997. The van der Waals surface area contributed by atoms with Crippen molar-refractivity contribution in [1.82, 2.24) is 9.78 Å². The van der Waals surface area contributed by atoms with Crippen LogP contribution in [-0.4, -0.2) is 39.9 Å². The highest BCUT2D eigenvalue weighted by Gasteiger charge is 2.37. The van der Waals surface area contributed by atoms with E-state index in [1.54, 1.807) is 21.3 Å². The Morgan fingerprint density at radius 2 is 1.78 bits per heavy atom. The Morgan fingerprint density at radius 1 is 1.11 bits per heavy atom. The smallest absolute Gasteiger partial charge is 0.377 e. The third-order valence-corrected chi connectivity index (χ3v) is 5.74. The SMILES string of the molecule is CO[Si](CCn1cc2ccccc2n1)(OC)OC. The highest BCUT2D eigenvalue weighted by atomic mass is 28.4. The first-order valence-corrected chi connectivity index (χ1v) is 7.74. The summed E-state index contributed by atoms with van der Waals surface area (Å²) in [6.07, 6.45) is 2.02. The predicted molar refractivity (Wildman–Crippen MR) is 71.3 cm³/mol. The molecular weight excluding hydrogens is 248 g/mol. The van der Waals surface area contributed by atoms with E-state index in [1.807, 2.05) is 35.1 Å². The van der Waals surface area contributed by atoms with E-state index in [2.05, 4.69) is 5.10 Å². The van der Waals surface area contributed by atoms with Gasteiger partial charge in [-0.2, -0.15) is 5.10 Å². The lowest BCUT2D eigenvalue weighted by molar-refractivity contribution is 0.122. The van der Waals surface area contributed by atoms with Crippen molar-refractivity contribution in [3.05, 3.63) is 30.5 Å². The second kappa shape index (κ2) is 5.62. The molecule has 2 aromatic rings. The van der Waals surface area contributed by atoms with Gasteiger partial charge in [0.15, 0.2) is 0 Å². The molecule has 0 fully saturated rings. The molecule has 0 radical (unpaired) electrons. The van der Waals surface area contributed by atoms with E-state index < -0.39 is 8.80 Å². The van der Waals surface area contributed by atoms with E-state index in [0.29, 0.717) is 6.04 Å². The molecule has 0 aliphatic carbocycles. The van der Waals surface area contributed by atoms with Crippen LogP contribution in [0.4, 0.5) is 0 Å². The molecule has 98 valence electrons. The monoisotopic (exact) mass is 266 g/mol. The molecular formula is C12H18N2O3Si. The van der Waals surface area contributed by atoms with Crippen molar-refractivity contribution in [2.45, 2.75) is 12.6 Å². The van der Waals surface area contributed by atoms with Crippen LogP contribution in [-0.2, 0) is 19.8 Å². The summed E-state index contributed by atoms with van der Waals surface area (Å²) >= 11 is 0. The van der Waals surface area contributed by atoms with Crippen molar-refractivity contribution in [1.29, 1.82) is 0 Å². The first kappa shape index (κ1) is 13.2. The topological polar surface area (TPSA) is 45.5 Å². The minimum atomic E-state index is -2.51. The third-order valence-electron chi connectivity index (χ3n) is 3.04. The van der Waals surface area contributed by atoms with Crippen LogP contribution in [0.2, 0.25) is 6.04 Å². The van der Waals surface area contributed by atoms with Gasteiger partial charge in [0, 0.05) is 45.5 Å². The molecule has 0 N–H and O–H groups in total. The molecule has 1 aromatic heterocycles. The van der Waals surface area contributed by atoms with Crippen molar-refractivity contribution in [3.8, 4) is 0 Å². The van der Waals surface area contributed by atoms with Gasteiger partial charge < -0.3 is 13.3 Å². The van der Waals surface area contributed by atoms with Crippen molar-refractivity contribution in [2.75, 3.05) is 21.3 Å². The number of nitrogens with zero attached hydrogens (tertiary/aromatic N) is 2. The van der Waals surface area contributed by atoms with Crippen LogP contribution in [0.3, 0.4) is 0 Å². The Morgan fingerprint density at radius 3 is 2.39 bits per heavy atom. The van der Waals surface area contributed by atoms with Crippen molar-refractivity contribution < 1.29 is 13.3 Å².